The molecule has 0 fully saturated rings. The Morgan fingerprint density at radius 1 is 1.43 bits per heavy atom. The lowest BCUT2D eigenvalue weighted by Gasteiger charge is -2.26. The van der Waals surface area contributed by atoms with Crippen molar-refractivity contribution in [2.24, 2.45) is 10.4 Å². The molecule has 0 atom stereocenters. The van der Waals surface area contributed by atoms with E-state index < -0.39 is 5.41 Å². The number of ether oxygens (including phenoxy) is 1. The van der Waals surface area contributed by atoms with E-state index in [1.807, 2.05) is 13.8 Å². The molecule has 0 aliphatic rings. The van der Waals surface area contributed by atoms with Gasteiger partial charge in [-0.05, 0) is 32.0 Å². The first-order chi connectivity index (χ1) is 6.66. The molecule has 3 nitrogen and oxygen atoms in total. The van der Waals surface area contributed by atoms with Crippen molar-refractivity contribution in [2.75, 3.05) is 13.2 Å². The van der Waals surface area contributed by atoms with Gasteiger partial charge in [0.2, 0.25) is 0 Å². The van der Waals surface area contributed by atoms with Gasteiger partial charge >= 0.3 is 5.97 Å². The number of esters is 1. The van der Waals surface area contributed by atoms with Crippen molar-refractivity contribution in [3.8, 4) is 0 Å². The summed E-state index contributed by atoms with van der Waals surface area (Å²) in [7, 11) is 0. The molecule has 0 radical (unpaired) electrons. The Morgan fingerprint density at radius 3 is 2.36 bits per heavy atom. The zero-order valence-corrected chi connectivity index (χ0v) is 9.82. The minimum absolute atomic E-state index is 0.181. The highest BCUT2D eigenvalue weighted by atomic mass is 32.1. The summed E-state index contributed by atoms with van der Waals surface area (Å²) < 4.78 is 5.03. The minimum atomic E-state index is -0.512. The first-order valence-electron chi connectivity index (χ1n) is 4.87. The van der Waals surface area contributed by atoms with Gasteiger partial charge in [-0.1, -0.05) is 13.8 Å². The molecule has 0 aromatic heterocycles. The summed E-state index contributed by atoms with van der Waals surface area (Å²) in [4.78, 5) is 15.5. The molecule has 4 heteroatoms. The van der Waals surface area contributed by atoms with Gasteiger partial charge in [0.25, 0.3) is 0 Å². The number of aliphatic imine (C=N–C) groups is 1. The highest BCUT2D eigenvalue weighted by Gasteiger charge is 2.36. The molecule has 0 saturated carbocycles. The SMILES string of the molecule is CCOC(=O)C(CC)(CC)CN=C=S. The number of hydrogen-bond acceptors (Lipinski definition) is 4. The first-order valence-corrected chi connectivity index (χ1v) is 5.28. The fraction of sp³-hybridized carbons (Fsp3) is 0.800. The molecule has 0 amide bonds. The van der Waals surface area contributed by atoms with Crippen LogP contribution in [0.1, 0.15) is 33.6 Å². The van der Waals surface area contributed by atoms with Crippen molar-refractivity contribution >= 4 is 23.3 Å². The number of nitrogens with zero attached hydrogens (tertiary/aromatic N) is 1. The number of carbonyl (C=O) groups excluding carboxylic acids is 1. The summed E-state index contributed by atoms with van der Waals surface area (Å²) in [6, 6.07) is 0. The van der Waals surface area contributed by atoms with Crippen LogP contribution >= 0.6 is 12.2 Å². The van der Waals surface area contributed by atoms with Gasteiger partial charge in [-0.25, -0.2) is 4.99 Å². The molecule has 0 bridgehead atoms. The fourth-order valence-electron chi connectivity index (χ4n) is 1.29. The molecular formula is C10H17NO2S. The van der Waals surface area contributed by atoms with E-state index in [2.05, 4.69) is 22.4 Å². The predicted molar refractivity (Wildman–Crippen MR) is 59.5 cm³/mol. The molecule has 0 aromatic rings. The topological polar surface area (TPSA) is 38.7 Å². The third-order valence-corrected chi connectivity index (χ3v) is 2.64. The summed E-state index contributed by atoms with van der Waals surface area (Å²) >= 11 is 4.50. The Kier molecular flexibility index (Phi) is 6.34. The zero-order valence-electron chi connectivity index (χ0n) is 9.00. The largest absolute Gasteiger partial charge is 0.466 e. The van der Waals surface area contributed by atoms with Crippen molar-refractivity contribution in [1.29, 1.82) is 0 Å². The monoisotopic (exact) mass is 215 g/mol. The number of rotatable bonds is 6. The van der Waals surface area contributed by atoms with Crippen LogP contribution < -0.4 is 0 Å². The van der Waals surface area contributed by atoms with E-state index in [1.165, 1.54) is 0 Å². The molecule has 0 heterocycles. The second-order valence-electron chi connectivity index (χ2n) is 3.12. The molecule has 0 aliphatic heterocycles. The number of hydrogen-bond donors (Lipinski definition) is 0. The van der Waals surface area contributed by atoms with Crippen molar-refractivity contribution < 1.29 is 9.53 Å². The average molecular weight is 215 g/mol. The van der Waals surface area contributed by atoms with Gasteiger partial charge in [-0.15, -0.1) is 0 Å². The summed E-state index contributed by atoms with van der Waals surface area (Å²) in [5, 5.41) is 2.29. The van der Waals surface area contributed by atoms with E-state index in [4.69, 9.17) is 4.74 Å². The molecule has 0 spiro atoms. The van der Waals surface area contributed by atoms with Crippen molar-refractivity contribution in [3.63, 3.8) is 0 Å². The Morgan fingerprint density at radius 2 is 2.00 bits per heavy atom. The maximum absolute atomic E-state index is 11.7. The van der Waals surface area contributed by atoms with Gasteiger partial charge in [0.05, 0.1) is 23.7 Å². The lowest BCUT2D eigenvalue weighted by Crippen LogP contribution is -2.34. The lowest BCUT2D eigenvalue weighted by molar-refractivity contribution is -0.155. The third-order valence-electron chi connectivity index (χ3n) is 2.51. The molecule has 0 aliphatic carbocycles. The zero-order chi connectivity index (χ0) is 11.0. The number of carbonyl (C=O) groups is 1. The minimum Gasteiger partial charge on any atom is -0.466 e. The van der Waals surface area contributed by atoms with Crippen molar-refractivity contribution in [1.82, 2.24) is 0 Å². The van der Waals surface area contributed by atoms with Crippen molar-refractivity contribution in [2.45, 2.75) is 33.6 Å². The Bertz CT molecular complexity index is 230. The van der Waals surface area contributed by atoms with Crippen LogP contribution in [0, 0.1) is 5.41 Å². The Balaban J connectivity index is 4.66. The maximum atomic E-state index is 11.7. The molecule has 0 aromatic carbocycles. The third kappa shape index (κ3) is 3.20. The summed E-state index contributed by atoms with van der Waals surface area (Å²) in [5.41, 5.74) is -0.512. The van der Waals surface area contributed by atoms with E-state index in [0.717, 1.165) is 0 Å². The van der Waals surface area contributed by atoms with Gasteiger partial charge < -0.3 is 4.74 Å². The molecule has 80 valence electrons. The summed E-state index contributed by atoms with van der Waals surface area (Å²) in [6.45, 7) is 6.50. The quantitative estimate of drug-likeness (QED) is 0.388. The Labute approximate surface area is 90.6 Å². The van der Waals surface area contributed by atoms with E-state index >= 15 is 0 Å². The molecule has 0 N–H and O–H groups in total. The van der Waals surface area contributed by atoms with E-state index in [-0.39, 0.29) is 5.97 Å². The molecular weight excluding hydrogens is 198 g/mol. The predicted octanol–water partition coefficient (Wildman–Crippen LogP) is 2.46. The van der Waals surface area contributed by atoms with E-state index in [1.54, 1.807) is 6.92 Å². The average Bonchev–Trinajstić information content (AvgIpc) is 2.21. The highest BCUT2D eigenvalue weighted by Crippen LogP contribution is 2.28. The van der Waals surface area contributed by atoms with Crippen LogP contribution in [0.2, 0.25) is 0 Å². The van der Waals surface area contributed by atoms with E-state index in [9.17, 15) is 4.79 Å². The van der Waals surface area contributed by atoms with Gasteiger partial charge in [0, 0.05) is 0 Å². The lowest BCUT2D eigenvalue weighted by atomic mass is 9.82. The van der Waals surface area contributed by atoms with Crippen LogP contribution in [0.25, 0.3) is 0 Å². The number of isothiocyanates is 1. The maximum Gasteiger partial charge on any atom is 0.313 e. The molecule has 14 heavy (non-hydrogen) atoms. The highest BCUT2D eigenvalue weighted by molar-refractivity contribution is 7.78. The molecule has 0 unspecified atom stereocenters. The fourth-order valence-corrected chi connectivity index (χ4v) is 1.36. The summed E-state index contributed by atoms with van der Waals surface area (Å²) in [6.07, 6.45) is 1.42. The van der Waals surface area contributed by atoms with Gasteiger partial charge in [-0.2, -0.15) is 0 Å². The van der Waals surface area contributed by atoms with Gasteiger partial charge in [0.15, 0.2) is 0 Å². The van der Waals surface area contributed by atoms with E-state index in [0.29, 0.717) is 26.0 Å². The molecule has 0 rings (SSSR count). The van der Waals surface area contributed by atoms with Crippen LogP contribution in [0.3, 0.4) is 0 Å². The first kappa shape index (κ1) is 13.3. The van der Waals surface area contributed by atoms with Crippen LogP contribution in [0.4, 0.5) is 0 Å². The van der Waals surface area contributed by atoms with Crippen molar-refractivity contribution in [3.05, 3.63) is 0 Å². The van der Waals surface area contributed by atoms with Gasteiger partial charge in [-0.3, -0.25) is 4.79 Å². The summed E-state index contributed by atoms with van der Waals surface area (Å²) in [5.74, 6) is -0.181. The van der Waals surface area contributed by atoms with Crippen LogP contribution in [-0.4, -0.2) is 24.3 Å². The van der Waals surface area contributed by atoms with Crippen LogP contribution in [-0.2, 0) is 9.53 Å². The van der Waals surface area contributed by atoms with Gasteiger partial charge in [0.1, 0.15) is 0 Å². The number of thiocarbonyl (C=S) groups is 1. The van der Waals surface area contributed by atoms with Crippen LogP contribution in [0.5, 0.6) is 0 Å². The second-order valence-corrected chi connectivity index (χ2v) is 3.30. The molecule has 0 saturated heterocycles. The Hall–Kier alpha value is -0.730. The second kappa shape index (κ2) is 6.68. The normalized spacial score (nSPS) is 10.5. The van der Waals surface area contributed by atoms with Crippen LogP contribution in [0.15, 0.2) is 4.99 Å². The standard InChI is InChI=1S/C10H17NO2S/c1-4-10(5-2,7-11-8-14)9(12)13-6-3/h4-7H2,1-3H3. The smallest absolute Gasteiger partial charge is 0.313 e.